The summed E-state index contributed by atoms with van der Waals surface area (Å²) < 4.78 is 11.3. The average molecular weight is 229 g/mol. The van der Waals surface area contributed by atoms with Crippen LogP contribution < -0.4 is 5.32 Å². The molecular weight excluding hydrogens is 202 g/mol. The van der Waals surface area contributed by atoms with E-state index < -0.39 is 0 Å². The number of hydrogen-bond donors (Lipinski definition) is 1. The SMILES string of the molecule is CCC(CC)NCC(C)OC1CCOCC1. The maximum absolute atomic E-state index is 5.99. The smallest absolute Gasteiger partial charge is 0.0675 e. The molecule has 1 aliphatic rings. The van der Waals surface area contributed by atoms with Crippen molar-refractivity contribution in [3.8, 4) is 0 Å². The summed E-state index contributed by atoms with van der Waals surface area (Å²) in [5.41, 5.74) is 0. The van der Waals surface area contributed by atoms with Crippen LogP contribution in [0.2, 0.25) is 0 Å². The largest absolute Gasteiger partial charge is 0.381 e. The molecule has 1 N–H and O–H groups in total. The maximum atomic E-state index is 5.99. The molecule has 1 saturated heterocycles. The van der Waals surface area contributed by atoms with Crippen LogP contribution in [-0.2, 0) is 9.47 Å². The van der Waals surface area contributed by atoms with Crippen LogP contribution in [-0.4, -0.2) is 38.0 Å². The third kappa shape index (κ3) is 5.28. The Kier molecular flexibility index (Phi) is 7.01. The molecule has 0 aromatic rings. The molecule has 1 fully saturated rings. The first-order chi connectivity index (χ1) is 7.76. The van der Waals surface area contributed by atoms with E-state index >= 15 is 0 Å². The van der Waals surface area contributed by atoms with Gasteiger partial charge in [0.05, 0.1) is 12.2 Å². The van der Waals surface area contributed by atoms with Crippen molar-refractivity contribution in [3.63, 3.8) is 0 Å². The molecule has 1 atom stereocenters. The Hall–Kier alpha value is -0.120. The molecule has 96 valence electrons. The Morgan fingerprint density at radius 1 is 1.25 bits per heavy atom. The number of ether oxygens (including phenoxy) is 2. The monoisotopic (exact) mass is 229 g/mol. The first-order valence-corrected chi connectivity index (χ1v) is 6.72. The Balaban J connectivity index is 2.11. The van der Waals surface area contributed by atoms with Gasteiger partial charge in [-0.3, -0.25) is 0 Å². The molecule has 0 aromatic heterocycles. The first-order valence-electron chi connectivity index (χ1n) is 6.72. The summed E-state index contributed by atoms with van der Waals surface area (Å²) in [5.74, 6) is 0. The molecular formula is C13H27NO2. The van der Waals surface area contributed by atoms with Crippen LogP contribution in [0.25, 0.3) is 0 Å². The van der Waals surface area contributed by atoms with E-state index in [4.69, 9.17) is 9.47 Å². The Bertz CT molecular complexity index is 165. The fourth-order valence-electron chi connectivity index (χ4n) is 2.10. The van der Waals surface area contributed by atoms with Gasteiger partial charge in [0, 0.05) is 25.8 Å². The van der Waals surface area contributed by atoms with Crippen LogP contribution in [0, 0.1) is 0 Å². The van der Waals surface area contributed by atoms with Crippen LogP contribution in [0.5, 0.6) is 0 Å². The van der Waals surface area contributed by atoms with Crippen molar-refractivity contribution in [2.24, 2.45) is 0 Å². The minimum atomic E-state index is 0.309. The molecule has 0 bridgehead atoms. The molecule has 16 heavy (non-hydrogen) atoms. The van der Waals surface area contributed by atoms with Gasteiger partial charge in [-0.2, -0.15) is 0 Å². The zero-order valence-electron chi connectivity index (χ0n) is 11.0. The molecule has 0 radical (unpaired) electrons. The summed E-state index contributed by atoms with van der Waals surface area (Å²) in [6, 6.07) is 0.640. The minimum Gasteiger partial charge on any atom is -0.381 e. The van der Waals surface area contributed by atoms with Crippen molar-refractivity contribution in [2.45, 2.75) is 64.7 Å². The second-order valence-electron chi connectivity index (χ2n) is 4.68. The van der Waals surface area contributed by atoms with Crippen LogP contribution in [0.1, 0.15) is 46.5 Å². The summed E-state index contributed by atoms with van der Waals surface area (Å²) in [6.07, 6.45) is 5.21. The molecule has 0 spiro atoms. The highest BCUT2D eigenvalue weighted by molar-refractivity contribution is 4.68. The Morgan fingerprint density at radius 2 is 1.88 bits per heavy atom. The summed E-state index contributed by atoms with van der Waals surface area (Å²) >= 11 is 0. The molecule has 1 aliphatic heterocycles. The van der Waals surface area contributed by atoms with E-state index in [1.165, 1.54) is 12.8 Å². The Morgan fingerprint density at radius 3 is 2.44 bits per heavy atom. The predicted octanol–water partition coefficient (Wildman–Crippen LogP) is 2.35. The normalized spacial score (nSPS) is 20.2. The van der Waals surface area contributed by atoms with E-state index in [0.717, 1.165) is 32.6 Å². The minimum absolute atomic E-state index is 0.309. The third-order valence-electron chi connectivity index (χ3n) is 3.27. The van der Waals surface area contributed by atoms with Crippen molar-refractivity contribution < 1.29 is 9.47 Å². The lowest BCUT2D eigenvalue weighted by Crippen LogP contribution is -2.37. The first kappa shape index (κ1) is 13.9. The van der Waals surface area contributed by atoms with Gasteiger partial charge in [-0.1, -0.05) is 13.8 Å². The van der Waals surface area contributed by atoms with Gasteiger partial charge in [0.1, 0.15) is 0 Å². The van der Waals surface area contributed by atoms with E-state index in [1.807, 2.05) is 0 Å². The molecule has 1 heterocycles. The predicted molar refractivity (Wildman–Crippen MR) is 66.8 cm³/mol. The van der Waals surface area contributed by atoms with Gasteiger partial charge >= 0.3 is 0 Å². The number of hydrogen-bond acceptors (Lipinski definition) is 3. The Labute approximate surface area is 99.9 Å². The topological polar surface area (TPSA) is 30.5 Å². The zero-order valence-corrected chi connectivity index (χ0v) is 11.0. The highest BCUT2D eigenvalue weighted by atomic mass is 16.5. The molecule has 3 nitrogen and oxygen atoms in total. The van der Waals surface area contributed by atoms with Gasteiger partial charge < -0.3 is 14.8 Å². The standard InChI is InChI=1S/C13H27NO2/c1-4-12(5-2)14-10-11(3)16-13-6-8-15-9-7-13/h11-14H,4-10H2,1-3H3. The van der Waals surface area contributed by atoms with Gasteiger partial charge in [-0.15, -0.1) is 0 Å². The van der Waals surface area contributed by atoms with Gasteiger partial charge in [0.15, 0.2) is 0 Å². The second-order valence-corrected chi connectivity index (χ2v) is 4.68. The third-order valence-corrected chi connectivity index (χ3v) is 3.27. The van der Waals surface area contributed by atoms with E-state index in [-0.39, 0.29) is 0 Å². The molecule has 0 saturated carbocycles. The second kappa shape index (κ2) is 8.04. The summed E-state index contributed by atoms with van der Waals surface area (Å²) in [7, 11) is 0. The molecule has 1 unspecified atom stereocenters. The zero-order chi connectivity index (χ0) is 11.8. The van der Waals surface area contributed by atoms with Crippen molar-refractivity contribution in [1.82, 2.24) is 5.32 Å². The van der Waals surface area contributed by atoms with Crippen molar-refractivity contribution >= 4 is 0 Å². The summed E-state index contributed by atoms with van der Waals surface area (Å²) in [4.78, 5) is 0. The average Bonchev–Trinajstić information content (AvgIpc) is 2.31. The fraction of sp³-hybridized carbons (Fsp3) is 1.00. The molecule has 0 amide bonds. The van der Waals surface area contributed by atoms with Crippen molar-refractivity contribution in [3.05, 3.63) is 0 Å². The molecule has 0 aromatic carbocycles. The summed E-state index contributed by atoms with van der Waals surface area (Å²) in [6.45, 7) is 9.29. The van der Waals surface area contributed by atoms with Crippen molar-refractivity contribution in [1.29, 1.82) is 0 Å². The van der Waals surface area contributed by atoms with Crippen LogP contribution in [0.3, 0.4) is 0 Å². The van der Waals surface area contributed by atoms with E-state index in [1.54, 1.807) is 0 Å². The van der Waals surface area contributed by atoms with Crippen LogP contribution >= 0.6 is 0 Å². The molecule has 1 rings (SSSR count). The maximum Gasteiger partial charge on any atom is 0.0675 e. The lowest BCUT2D eigenvalue weighted by molar-refractivity contribution is -0.0618. The fourth-order valence-corrected chi connectivity index (χ4v) is 2.10. The van der Waals surface area contributed by atoms with Gasteiger partial charge in [-0.05, 0) is 32.6 Å². The lowest BCUT2D eigenvalue weighted by atomic mass is 10.1. The van der Waals surface area contributed by atoms with Gasteiger partial charge in [0.2, 0.25) is 0 Å². The van der Waals surface area contributed by atoms with E-state index in [2.05, 4.69) is 26.1 Å². The van der Waals surface area contributed by atoms with Crippen LogP contribution in [0.15, 0.2) is 0 Å². The number of nitrogens with one attached hydrogen (secondary N) is 1. The van der Waals surface area contributed by atoms with Gasteiger partial charge in [0.25, 0.3) is 0 Å². The molecule has 3 heteroatoms. The quantitative estimate of drug-likeness (QED) is 0.727. The van der Waals surface area contributed by atoms with Gasteiger partial charge in [-0.25, -0.2) is 0 Å². The van der Waals surface area contributed by atoms with E-state index in [0.29, 0.717) is 18.2 Å². The molecule has 0 aliphatic carbocycles. The van der Waals surface area contributed by atoms with Crippen LogP contribution in [0.4, 0.5) is 0 Å². The van der Waals surface area contributed by atoms with Crippen molar-refractivity contribution in [2.75, 3.05) is 19.8 Å². The highest BCUT2D eigenvalue weighted by Crippen LogP contribution is 2.12. The highest BCUT2D eigenvalue weighted by Gasteiger charge is 2.17. The lowest BCUT2D eigenvalue weighted by Gasteiger charge is -2.27. The number of rotatable bonds is 7. The summed E-state index contributed by atoms with van der Waals surface area (Å²) in [5, 5.41) is 3.55. The van der Waals surface area contributed by atoms with E-state index in [9.17, 15) is 0 Å².